The van der Waals surface area contributed by atoms with Crippen LogP contribution in [0.3, 0.4) is 0 Å². The van der Waals surface area contributed by atoms with Gasteiger partial charge in [0.2, 0.25) is 0 Å². The number of carbonyl (C=O) groups excluding carboxylic acids is 1. The van der Waals surface area contributed by atoms with Crippen LogP contribution in [0.1, 0.15) is 10.4 Å². The molecule has 0 radical (unpaired) electrons. The van der Waals surface area contributed by atoms with Crippen LogP contribution in [-0.4, -0.2) is 37.0 Å². The summed E-state index contributed by atoms with van der Waals surface area (Å²) < 4.78 is 26.6. The number of halogens is 4. The van der Waals surface area contributed by atoms with E-state index in [1.165, 1.54) is 18.2 Å². The summed E-state index contributed by atoms with van der Waals surface area (Å²) >= 11 is 11.7. The Balaban J connectivity index is 1.69. The van der Waals surface area contributed by atoms with Gasteiger partial charge in [0, 0.05) is 31.9 Å². The molecule has 0 aliphatic carbocycles. The lowest BCUT2D eigenvalue weighted by molar-refractivity contribution is 0.0746. The molecule has 7 heteroatoms. The van der Waals surface area contributed by atoms with Crippen molar-refractivity contribution in [1.82, 2.24) is 4.90 Å². The summed E-state index contributed by atoms with van der Waals surface area (Å²) in [7, 11) is 0. The molecular formula is C17H14Cl2F2N2O. The fourth-order valence-electron chi connectivity index (χ4n) is 2.68. The number of piperazine rings is 1. The number of nitrogens with zero attached hydrogens (tertiary/aromatic N) is 2. The average molecular weight is 371 g/mol. The van der Waals surface area contributed by atoms with E-state index in [1.54, 1.807) is 17.0 Å². The van der Waals surface area contributed by atoms with Gasteiger partial charge in [-0.3, -0.25) is 4.79 Å². The van der Waals surface area contributed by atoms with Crippen molar-refractivity contribution in [3.8, 4) is 0 Å². The highest BCUT2D eigenvalue weighted by molar-refractivity contribution is 6.36. The number of rotatable bonds is 2. The van der Waals surface area contributed by atoms with Crippen molar-refractivity contribution >= 4 is 34.8 Å². The Morgan fingerprint density at radius 2 is 1.54 bits per heavy atom. The molecule has 0 atom stereocenters. The van der Waals surface area contributed by atoms with Gasteiger partial charge in [-0.05, 0) is 36.4 Å². The van der Waals surface area contributed by atoms with E-state index >= 15 is 0 Å². The number of amides is 1. The van der Waals surface area contributed by atoms with Gasteiger partial charge < -0.3 is 9.80 Å². The second kappa shape index (κ2) is 6.95. The van der Waals surface area contributed by atoms with Gasteiger partial charge in [-0.15, -0.1) is 0 Å². The third-order valence-corrected chi connectivity index (χ3v) is 4.60. The Morgan fingerprint density at radius 3 is 2.17 bits per heavy atom. The van der Waals surface area contributed by atoms with E-state index in [-0.39, 0.29) is 27.3 Å². The van der Waals surface area contributed by atoms with E-state index < -0.39 is 5.82 Å². The molecule has 0 N–H and O–H groups in total. The van der Waals surface area contributed by atoms with Gasteiger partial charge in [0.15, 0.2) is 0 Å². The molecule has 1 fully saturated rings. The normalized spacial score (nSPS) is 14.8. The maximum atomic E-state index is 13.6. The van der Waals surface area contributed by atoms with Crippen LogP contribution in [0.15, 0.2) is 36.4 Å². The first kappa shape index (κ1) is 17.0. The van der Waals surface area contributed by atoms with Crippen LogP contribution in [0.2, 0.25) is 10.0 Å². The molecule has 1 aliphatic rings. The van der Waals surface area contributed by atoms with E-state index in [2.05, 4.69) is 4.90 Å². The van der Waals surface area contributed by atoms with Crippen molar-refractivity contribution in [2.75, 3.05) is 31.1 Å². The van der Waals surface area contributed by atoms with Gasteiger partial charge >= 0.3 is 0 Å². The molecule has 1 aliphatic heterocycles. The molecule has 0 aromatic heterocycles. The van der Waals surface area contributed by atoms with Crippen LogP contribution < -0.4 is 4.90 Å². The fourth-order valence-corrected chi connectivity index (χ4v) is 3.14. The van der Waals surface area contributed by atoms with Gasteiger partial charge in [0.1, 0.15) is 11.6 Å². The van der Waals surface area contributed by atoms with Crippen LogP contribution in [0.5, 0.6) is 0 Å². The zero-order chi connectivity index (χ0) is 17.3. The Labute approximate surface area is 148 Å². The molecule has 0 saturated carbocycles. The summed E-state index contributed by atoms with van der Waals surface area (Å²) in [6, 6.07) is 8.53. The Hall–Kier alpha value is -1.85. The number of benzene rings is 2. The van der Waals surface area contributed by atoms with Gasteiger partial charge in [0.05, 0.1) is 15.6 Å². The summed E-state index contributed by atoms with van der Waals surface area (Å²) in [5, 5.41) is 0.0186. The summed E-state index contributed by atoms with van der Waals surface area (Å²) in [4.78, 5) is 16.2. The van der Waals surface area contributed by atoms with Gasteiger partial charge in [-0.2, -0.15) is 0 Å². The molecule has 1 amide bonds. The molecule has 2 aromatic rings. The summed E-state index contributed by atoms with van der Waals surface area (Å²) in [5.41, 5.74) is 1.01. The standard InChI is InChI=1S/C17H14Cl2F2N2O/c18-14-10-15(19)16(21)9-13(14)17(24)23-7-5-22(6-8-23)12-3-1-11(20)2-4-12/h1-4,9-10H,5-8H2. The minimum Gasteiger partial charge on any atom is -0.368 e. The van der Waals surface area contributed by atoms with Crippen LogP contribution in [0, 0.1) is 11.6 Å². The largest absolute Gasteiger partial charge is 0.368 e. The SMILES string of the molecule is O=C(c1cc(F)c(Cl)cc1Cl)N1CCN(c2ccc(F)cc2)CC1. The first-order valence-electron chi connectivity index (χ1n) is 7.40. The third kappa shape index (κ3) is 3.47. The van der Waals surface area contributed by atoms with Crippen molar-refractivity contribution in [3.05, 3.63) is 63.6 Å². The van der Waals surface area contributed by atoms with Crippen LogP contribution in [-0.2, 0) is 0 Å². The average Bonchev–Trinajstić information content (AvgIpc) is 2.58. The molecule has 2 aromatic carbocycles. The molecule has 0 spiro atoms. The molecule has 126 valence electrons. The number of hydrogen-bond acceptors (Lipinski definition) is 2. The van der Waals surface area contributed by atoms with Gasteiger partial charge in [0.25, 0.3) is 5.91 Å². The van der Waals surface area contributed by atoms with E-state index in [1.807, 2.05) is 0 Å². The zero-order valence-corrected chi connectivity index (χ0v) is 14.1. The molecular weight excluding hydrogens is 357 g/mol. The maximum absolute atomic E-state index is 13.6. The number of carbonyl (C=O) groups is 1. The number of anilines is 1. The third-order valence-electron chi connectivity index (χ3n) is 4.00. The first-order chi connectivity index (χ1) is 11.5. The predicted molar refractivity (Wildman–Crippen MR) is 90.9 cm³/mol. The highest BCUT2D eigenvalue weighted by Crippen LogP contribution is 2.26. The number of hydrogen-bond donors (Lipinski definition) is 0. The van der Waals surface area contributed by atoms with Crippen LogP contribution >= 0.6 is 23.2 Å². The minimum absolute atomic E-state index is 0.105. The van der Waals surface area contributed by atoms with Crippen molar-refractivity contribution in [3.63, 3.8) is 0 Å². The molecule has 0 unspecified atom stereocenters. The highest BCUT2D eigenvalue weighted by Gasteiger charge is 2.24. The Morgan fingerprint density at radius 1 is 0.917 bits per heavy atom. The minimum atomic E-state index is -0.672. The first-order valence-corrected chi connectivity index (χ1v) is 8.15. The van der Waals surface area contributed by atoms with E-state index in [0.29, 0.717) is 26.2 Å². The molecule has 1 heterocycles. The van der Waals surface area contributed by atoms with Crippen molar-refractivity contribution < 1.29 is 13.6 Å². The van der Waals surface area contributed by atoms with E-state index in [4.69, 9.17) is 23.2 Å². The topological polar surface area (TPSA) is 23.6 Å². The molecule has 3 nitrogen and oxygen atoms in total. The lowest BCUT2D eigenvalue weighted by Gasteiger charge is -2.36. The lowest BCUT2D eigenvalue weighted by atomic mass is 10.1. The Kier molecular flexibility index (Phi) is 4.92. The fraction of sp³-hybridized carbons (Fsp3) is 0.235. The molecule has 3 rings (SSSR count). The second-order valence-corrected chi connectivity index (χ2v) is 6.32. The summed E-state index contributed by atoms with van der Waals surface area (Å²) in [6.45, 7) is 2.14. The molecule has 0 bridgehead atoms. The zero-order valence-electron chi connectivity index (χ0n) is 12.6. The van der Waals surface area contributed by atoms with Crippen molar-refractivity contribution in [2.45, 2.75) is 0 Å². The second-order valence-electron chi connectivity index (χ2n) is 5.50. The predicted octanol–water partition coefficient (Wildman–Crippen LogP) is 4.23. The summed E-state index contributed by atoms with van der Waals surface area (Å²) in [6.07, 6.45) is 0. The van der Waals surface area contributed by atoms with E-state index in [9.17, 15) is 13.6 Å². The smallest absolute Gasteiger partial charge is 0.255 e. The van der Waals surface area contributed by atoms with Crippen molar-refractivity contribution in [2.24, 2.45) is 0 Å². The summed E-state index contributed by atoms with van der Waals surface area (Å²) in [5.74, 6) is -1.28. The monoisotopic (exact) mass is 370 g/mol. The molecule has 1 saturated heterocycles. The van der Waals surface area contributed by atoms with Crippen LogP contribution in [0.25, 0.3) is 0 Å². The van der Waals surface area contributed by atoms with Crippen LogP contribution in [0.4, 0.5) is 14.5 Å². The lowest BCUT2D eigenvalue weighted by Crippen LogP contribution is -2.48. The van der Waals surface area contributed by atoms with Gasteiger partial charge in [-0.25, -0.2) is 8.78 Å². The Bertz CT molecular complexity index is 760. The van der Waals surface area contributed by atoms with E-state index in [0.717, 1.165) is 11.8 Å². The maximum Gasteiger partial charge on any atom is 0.255 e. The quantitative estimate of drug-likeness (QED) is 0.738. The van der Waals surface area contributed by atoms with Crippen molar-refractivity contribution in [1.29, 1.82) is 0 Å². The van der Waals surface area contributed by atoms with Gasteiger partial charge in [-0.1, -0.05) is 23.2 Å². The highest BCUT2D eigenvalue weighted by atomic mass is 35.5. The molecule has 24 heavy (non-hydrogen) atoms.